The normalized spacial score (nSPS) is 10.5. The Labute approximate surface area is 85.0 Å². The molecule has 0 aliphatic heterocycles. The van der Waals surface area contributed by atoms with E-state index >= 15 is 0 Å². The van der Waals surface area contributed by atoms with Crippen molar-refractivity contribution < 1.29 is 0 Å². The molecule has 0 amide bonds. The first kappa shape index (κ1) is 9.07. The van der Waals surface area contributed by atoms with E-state index in [4.69, 9.17) is 0 Å². The number of hydrogen-bond donors (Lipinski definition) is 0. The molecule has 1 nitrogen and oxygen atoms in total. The topological polar surface area (TPSA) is 3.24 Å². The van der Waals surface area contributed by atoms with Gasteiger partial charge in [-0.2, -0.15) is 0 Å². The highest BCUT2D eigenvalue weighted by molar-refractivity contribution is 5.86. The summed E-state index contributed by atoms with van der Waals surface area (Å²) in [6, 6.07) is 13.1. The van der Waals surface area contributed by atoms with Crippen molar-refractivity contribution in [3.8, 4) is 0 Å². The Kier molecular flexibility index (Phi) is 2.16. The lowest BCUT2D eigenvalue weighted by molar-refractivity contribution is 1.13. The average molecular weight is 185 g/mol. The van der Waals surface area contributed by atoms with Gasteiger partial charge in [-0.25, -0.2) is 0 Å². The van der Waals surface area contributed by atoms with E-state index in [1.807, 2.05) is 0 Å². The van der Waals surface area contributed by atoms with E-state index in [9.17, 15) is 0 Å². The van der Waals surface area contributed by atoms with Crippen molar-refractivity contribution in [3.05, 3.63) is 42.0 Å². The van der Waals surface area contributed by atoms with Crippen LogP contribution in [0.25, 0.3) is 10.8 Å². The predicted octanol–water partition coefficient (Wildman–Crippen LogP) is 3.21. The molecule has 0 saturated heterocycles. The Morgan fingerprint density at radius 2 is 1.50 bits per heavy atom. The average Bonchev–Trinajstić information content (AvgIpc) is 2.16. The quantitative estimate of drug-likeness (QED) is 0.659. The number of hydrogen-bond acceptors (Lipinski definition) is 1. The second kappa shape index (κ2) is 3.33. The van der Waals surface area contributed by atoms with Crippen LogP contribution in [0.1, 0.15) is 5.56 Å². The lowest BCUT2D eigenvalue weighted by Crippen LogP contribution is -2.07. The fraction of sp³-hybridized carbons (Fsp3) is 0.231. The van der Waals surface area contributed by atoms with Gasteiger partial charge in [0.05, 0.1) is 0 Å². The van der Waals surface area contributed by atoms with Crippen LogP contribution in [0.5, 0.6) is 0 Å². The molecule has 0 N–H and O–H groups in total. The van der Waals surface area contributed by atoms with Gasteiger partial charge in [0.15, 0.2) is 0 Å². The number of aryl methyl sites for hydroxylation is 1. The van der Waals surface area contributed by atoms with Crippen molar-refractivity contribution in [2.24, 2.45) is 0 Å². The number of nitrogens with zero attached hydrogens (tertiary/aromatic N) is 1. The second-order valence-corrected chi connectivity index (χ2v) is 3.93. The third-order valence-electron chi connectivity index (χ3n) is 2.50. The largest absolute Gasteiger partial charge is 0.378 e. The van der Waals surface area contributed by atoms with E-state index in [1.165, 1.54) is 22.0 Å². The van der Waals surface area contributed by atoms with Gasteiger partial charge in [-0.3, -0.25) is 0 Å². The van der Waals surface area contributed by atoms with Crippen molar-refractivity contribution in [2.75, 3.05) is 19.0 Å². The van der Waals surface area contributed by atoms with E-state index in [0.29, 0.717) is 0 Å². The smallest absolute Gasteiger partial charge is 0.0367 e. The molecule has 0 aromatic heterocycles. The predicted molar refractivity (Wildman–Crippen MR) is 63.0 cm³/mol. The summed E-state index contributed by atoms with van der Waals surface area (Å²) in [6.07, 6.45) is 0. The van der Waals surface area contributed by atoms with Gasteiger partial charge in [0.2, 0.25) is 0 Å². The van der Waals surface area contributed by atoms with E-state index in [2.05, 4.69) is 62.3 Å². The molecule has 72 valence electrons. The molecule has 0 fully saturated rings. The maximum absolute atomic E-state index is 2.22. The first-order chi connectivity index (χ1) is 6.66. The van der Waals surface area contributed by atoms with Gasteiger partial charge in [0, 0.05) is 19.8 Å². The Morgan fingerprint density at radius 1 is 0.857 bits per heavy atom. The molecule has 0 unspecified atom stereocenters. The molecule has 0 spiro atoms. The maximum Gasteiger partial charge on any atom is 0.0367 e. The van der Waals surface area contributed by atoms with E-state index in [1.54, 1.807) is 0 Å². The summed E-state index contributed by atoms with van der Waals surface area (Å²) in [5, 5.41) is 2.62. The third kappa shape index (κ3) is 1.58. The zero-order valence-corrected chi connectivity index (χ0v) is 8.91. The van der Waals surface area contributed by atoms with Gasteiger partial charge in [-0.05, 0) is 29.8 Å². The van der Waals surface area contributed by atoms with E-state index in [-0.39, 0.29) is 0 Å². The zero-order valence-electron chi connectivity index (χ0n) is 8.91. The standard InChI is InChI=1S/C13H15N/c1-10-4-5-12-9-13(14(2)3)7-6-11(12)8-10/h4-9H,1-3H3. The number of rotatable bonds is 1. The molecule has 14 heavy (non-hydrogen) atoms. The summed E-state index contributed by atoms with van der Waals surface area (Å²) in [6.45, 7) is 2.12. The highest BCUT2D eigenvalue weighted by Gasteiger charge is 1.97. The minimum atomic E-state index is 1.25. The Bertz CT molecular complexity index is 458. The van der Waals surface area contributed by atoms with Gasteiger partial charge >= 0.3 is 0 Å². The SMILES string of the molecule is Cc1ccc2cc(N(C)C)ccc2c1. The minimum Gasteiger partial charge on any atom is -0.378 e. The molecule has 0 bridgehead atoms. The van der Waals surface area contributed by atoms with Crippen LogP contribution in [-0.2, 0) is 0 Å². The molecule has 0 aliphatic rings. The molecule has 2 aromatic rings. The van der Waals surface area contributed by atoms with Crippen LogP contribution < -0.4 is 4.90 Å². The summed E-state index contributed by atoms with van der Waals surface area (Å²) in [5.74, 6) is 0. The van der Waals surface area contributed by atoms with Gasteiger partial charge < -0.3 is 4.90 Å². The summed E-state index contributed by atoms with van der Waals surface area (Å²) >= 11 is 0. The van der Waals surface area contributed by atoms with Crippen molar-refractivity contribution in [2.45, 2.75) is 6.92 Å². The molecule has 2 aromatic carbocycles. The first-order valence-electron chi connectivity index (χ1n) is 4.84. The Hall–Kier alpha value is -1.50. The minimum absolute atomic E-state index is 1.25. The molecule has 0 heterocycles. The summed E-state index contributed by atoms with van der Waals surface area (Å²) < 4.78 is 0. The van der Waals surface area contributed by atoms with Crippen molar-refractivity contribution >= 4 is 16.5 Å². The molecule has 0 saturated carbocycles. The van der Waals surface area contributed by atoms with Gasteiger partial charge in [0.1, 0.15) is 0 Å². The van der Waals surface area contributed by atoms with Gasteiger partial charge in [-0.1, -0.05) is 29.8 Å². The highest BCUT2D eigenvalue weighted by atomic mass is 15.1. The Morgan fingerprint density at radius 3 is 2.21 bits per heavy atom. The molecule has 0 radical (unpaired) electrons. The van der Waals surface area contributed by atoms with Crippen molar-refractivity contribution in [3.63, 3.8) is 0 Å². The number of benzene rings is 2. The van der Waals surface area contributed by atoms with E-state index < -0.39 is 0 Å². The van der Waals surface area contributed by atoms with Crippen LogP contribution in [0.3, 0.4) is 0 Å². The first-order valence-corrected chi connectivity index (χ1v) is 4.84. The monoisotopic (exact) mass is 185 g/mol. The second-order valence-electron chi connectivity index (χ2n) is 3.93. The maximum atomic E-state index is 2.22. The number of anilines is 1. The fourth-order valence-corrected chi connectivity index (χ4v) is 1.63. The van der Waals surface area contributed by atoms with Crippen LogP contribution >= 0.6 is 0 Å². The lowest BCUT2D eigenvalue weighted by atomic mass is 10.1. The van der Waals surface area contributed by atoms with Crippen LogP contribution in [0, 0.1) is 6.92 Å². The van der Waals surface area contributed by atoms with Gasteiger partial charge in [-0.15, -0.1) is 0 Å². The van der Waals surface area contributed by atoms with Crippen LogP contribution in [-0.4, -0.2) is 14.1 Å². The number of fused-ring (bicyclic) bond motifs is 1. The highest BCUT2D eigenvalue weighted by Crippen LogP contribution is 2.21. The molecular weight excluding hydrogens is 170 g/mol. The molecule has 0 aliphatic carbocycles. The van der Waals surface area contributed by atoms with E-state index in [0.717, 1.165) is 0 Å². The van der Waals surface area contributed by atoms with Gasteiger partial charge in [0.25, 0.3) is 0 Å². The summed E-state index contributed by atoms with van der Waals surface area (Å²) in [5.41, 5.74) is 2.57. The molecule has 1 heteroatoms. The molecular formula is C13H15N. The molecule has 2 rings (SSSR count). The third-order valence-corrected chi connectivity index (χ3v) is 2.50. The zero-order chi connectivity index (χ0) is 10.1. The summed E-state index contributed by atoms with van der Waals surface area (Å²) in [4.78, 5) is 2.12. The van der Waals surface area contributed by atoms with Crippen molar-refractivity contribution in [1.29, 1.82) is 0 Å². The molecule has 0 atom stereocenters. The van der Waals surface area contributed by atoms with Crippen LogP contribution in [0.2, 0.25) is 0 Å². The van der Waals surface area contributed by atoms with Crippen LogP contribution in [0.15, 0.2) is 36.4 Å². The lowest BCUT2D eigenvalue weighted by Gasteiger charge is -2.13. The van der Waals surface area contributed by atoms with Crippen LogP contribution in [0.4, 0.5) is 5.69 Å². The fourth-order valence-electron chi connectivity index (χ4n) is 1.63. The summed E-state index contributed by atoms with van der Waals surface area (Å²) in [7, 11) is 4.13. The Balaban J connectivity index is 2.62. The van der Waals surface area contributed by atoms with Crippen molar-refractivity contribution in [1.82, 2.24) is 0 Å².